The van der Waals surface area contributed by atoms with E-state index in [1.807, 2.05) is 12.4 Å². The van der Waals surface area contributed by atoms with Crippen molar-refractivity contribution < 1.29 is 0 Å². The van der Waals surface area contributed by atoms with Gasteiger partial charge in [-0.15, -0.1) is 0 Å². The van der Waals surface area contributed by atoms with E-state index < -0.39 is 0 Å². The summed E-state index contributed by atoms with van der Waals surface area (Å²) in [5.41, 5.74) is 45.3. The van der Waals surface area contributed by atoms with Gasteiger partial charge in [0.05, 0.1) is 11.4 Å². The van der Waals surface area contributed by atoms with E-state index in [2.05, 4.69) is 534 Å². The summed E-state index contributed by atoms with van der Waals surface area (Å²) in [6.07, 6.45) is 4.10. The lowest BCUT2D eigenvalue weighted by molar-refractivity contribution is 1.32. The Morgan fingerprint density at radius 2 is 0.235 bits per heavy atom. The highest BCUT2D eigenvalue weighted by atomic mass is 14.7. The second-order valence-corrected chi connectivity index (χ2v) is 33.1. The third kappa shape index (κ3) is 16.6. The van der Waals surface area contributed by atoms with E-state index in [0.29, 0.717) is 0 Å². The summed E-state index contributed by atoms with van der Waals surface area (Å²) in [5.74, 6) is 0. The monoisotopic (exact) mass is 1680 g/mol. The lowest BCUT2D eigenvalue weighted by Crippen LogP contribution is -2.01. The Bertz CT molecular complexity index is 6790. The van der Waals surface area contributed by atoms with Gasteiger partial charge in [-0.25, -0.2) is 4.98 Å². The largest absolute Gasteiger partial charge is 0.263 e. The van der Waals surface area contributed by atoms with Crippen LogP contribution in [0.25, 0.3) is 223 Å². The molecule has 0 unspecified atom stereocenters. The highest BCUT2D eigenvalue weighted by Crippen LogP contribution is 2.57. The van der Waals surface area contributed by atoms with E-state index in [0.717, 1.165) is 167 Å². The van der Waals surface area contributed by atoms with E-state index in [1.54, 1.807) is 0 Å². The van der Waals surface area contributed by atoms with Crippen LogP contribution in [0.4, 0.5) is 0 Å². The highest BCUT2D eigenvalue weighted by molar-refractivity contribution is 6.13. The Hall–Kier alpha value is -17.3. The minimum Gasteiger partial charge on any atom is -0.263 e. The molecule has 2 nitrogen and oxygen atoms in total. The van der Waals surface area contributed by atoms with Crippen molar-refractivity contribution in [1.82, 2.24) is 9.97 Å². The number of rotatable bonds is 20. The Morgan fingerprint density at radius 3 is 0.409 bits per heavy atom. The quantitative estimate of drug-likeness (QED) is 0.0760. The molecule has 0 atom stereocenters. The fourth-order valence-electron chi connectivity index (χ4n) is 19.3. The molecule has 0 radical (unpaired) electrons. The SMILES string of the molecule is c1ccc(-c2cc(-c3cccc(-c4cc(-c5ccccc5)c(-c5ccccc5)c(-c5ccccc5)c4-c4ccccc4)n3)c(-c3ccccc3)c(-c3ccccc3)c2-c2ccccc2)cc1.c1ccc(-c2cc(-c3cncc(-c4cc(-c5ccccc5)c(-c5ccccc5)c(-c5ccccc5)c4-c4ccccc4)c3)c(-c3ccccc3)c(-c3ccccc3)c2-c2ccccc2)cc1. The molecule has 0 N–H and O–H groups in total. The molecule has 22 aromatic rings. The minimum absolute atomic E-state index is 0.897. The molecule has 2 heterocycles. The van der Waals surface area contributed by atoms with Gasteiger partial charge in [0, 0.05) is 34.6 Å². The maximum Gasteiger partial charge on any atom is 0.0716 e. The van der Waals surface area contributed by atoms with Gasteiger partial charge in [-0.2, -0.15) is 0 Å². The Labute approximate surface area is 773 Å². The molecule has 0 saturated carbocycles. The first-order chi connectivity index (χ1) is 65.6. The average molecular weight is 1680 g/mol. The molecule has 0 aliphatic rings. The summed E-state index contributed by atoms with van der Waals surface area (Å²) in [6.45, 7) is 0. The Kier molecular flexibility index (Phi) is 23.6. The molecular weight excluding hydrogens is 1590 g/mol. The molecule has 2 heteroatoms. The number of pyridine rings is 2. The minimum atomic E-state index is 0.897. The molecular formula is C130H90N2. The van der Waals surface area contributed by atoms with Crippen molar-refractivity contribution in [1.29, 1.82) is 0 Å². The zero-order valence-corrected chi connectivity index (χ0v) is 72.9. The lowest BCUT2D eigenvalue weighted by atomic mass is 9.78. The molecule has 0 saturated heterocycles. The van der Waals surface area contributed by atoms with Gasteiger partial charge in [0.1, 0.15) is 0 Å². The summed E-state index contributed by atoms with van der Waals surface area (Å²) in [7, 11) is 0. The Morgan fingerprint density at radius 1 is 0.0985 bits per heavy atom. The molecule has 620 valence electrons. The summed E-state index contributed by atoms with van der Waals surface area (Å²) in [6, 6.07) is 192. The predicted molar refractivity (Wildman–Crippen MR) is 557 cm³/mol. The van der Waals surface area contributed by atoms with Gasteiger partial charge in [0.15, 0.2) is 0 Å². The summed E-state index contributed by atoms with van der Waals surface area (Å²) in [4.78, 5) is 11.0. The van der Waals surface area contributed by atoms with Gasteiger partial charge < -0.3 is 0 Å². The first-order valence-electron chi connectivity index (χ1n) is 45.2. The molecule has 132 heavy (non-hydrogen) atoms. The van der Waals surface area contributed by atoms with Crippen molar-refractivity contribution in [3.63, 3.8) is 0 Å². The lowest BCUT2D eigenvalue weighted by Gasteiger charge is -2.25. The molecule has 0 amide bonds. The normalized spacial score (nSPS) is 11.0. The topological polar surface area (TPSA) is 25.8 Å². The van der Waals surface area contributed by atoms with Crippen molar-refractivity contribution in [3.05, 3.63) is 546 Å². The zero-order valence-electron chi connectivity index (χ0n) is 72.9. The zero-order chi connectivity index (χ0) is 88.1. The first-order valence-corrected chi connectivity index (χ1v) is 45.2. The van der Waals surface area contributed by atoms with Crippen LogP contribution in [0.1, 0.15) is 0 Å². The van der Waals surface area contributed by atoms with Crippen LogP contribution in [0.15, 0.2) is 546 Å². The average Bonchev–Trinajstić information content (AvgIpc) is 0.742. The molecule has 20 aromatic carbocycles. The van der Waals surface area contributed by atoms with Crippen LogP contribution in [0.5, 0.6) is 0 Å². The first kappa shape index (κ1) is 81.7. The van der Waals surface area contributed by atoms with E-state index in [1.165, 1.54) is 55.6 Å². The smallest absolute Gasteiger partial charge is 0.0716 e. The van der Waals surface area contributed by atoms with Crippen molar-refractivity contribution in [3.8, 4) is 223 Å². The van der Waals surface area contributed by atoms with Crippen molar-refractivity contribution in [2.24, 2.45) is 0 Å². The fraction of sp³-hybridized carbons (Fsp3) is 0. The van der Waals surface area contributed by atoms with Crippen molar-refractivity contribution in [2.45, 2.75) is 0 Å². The summed E-state index contributed by atoms with van der Waals surface area (Å²) < 4.78 is 0. The third-order valence-electron chi connectivity index (χ3n) is 25.1. The summed E-state index contributed by atoms with van der Waals surface area (Å²) >= 11 is 0. The second kappa shape index (κ2) is 38.1. The molecule has 0 fully saturated rings. The number of hydrogen-bond acceptors (Lipinski definition) is 2. The number of benzene rings is 20. The number of nitrogens with zero attached hydrogens (tertiary/aromatic N) is 2. The van der Waals surface area contributed by atoms with Crippen molar-refractivity contribution in [2.75, 3.05) is 0 Å². The van der Waals surface area contributed by atoms with Gasteiger partial charge in [-0.05, 0) is 232 Å². The van der Waals surface area contributed by atoms with Crippen LogP contribution in [0.2, 0.25) is 0 Å². The van der Waals surface area contributed by atoms with E-state index >= 15 is 0 Å². The van der Waals surface area contributed by atoms with Crippen LogP contribution in [-0.4, -0.2) is 9.97 Å². The molecule has 0 spiro atoms. The summed E-state index contributed by atoms with van der Waals surface area (Å²) in [5, 5.41) is 0. The van der Waals surface area contributed by atoms with Gasteiger partial charge in [0.2, 0.25) is 0 Å². The van der Waals surface area contributed by atoms with Crippen LogP contribution in [0, 0.1) is 0 Å². The van der Waals surface area contributed by atoms with Gasteiger partial charge in [-0.1, -0.05) is 491 Å². The van der Waals surface area contributed by atoms with Gasteiger partial charge in [0.25, 0.3) is 0 Å². The highest BCUT2D eigenvalue weighted by Gasteiger charge is 2.31. The molecule has 0 bridgehead atoms. The second-order valence-electron chi connectivity index (χ2n) is 33.1. The predicted octanol–water partition coefficient (Wildman–Crippen LogP) is 35.5. The van der Waals surface area contributed by atoms with E-state index in [-0.39, 0.29) is 0 Å². The number of aromatic nitrogens is 2. The van der Waals surface area contributed by atoms with E-state index in [9.17, 15) is 0 Å². The van der Waals surface area contributed by atoms with Gasteiger partial charge in [-0.3, -0.25) is 4.98 Å². The maximum absolute atomic E-state index is 5.83. The maximum atomic E-state index is 5.83. The third-order valence-corrected chi connectivity index (χ3v) is 25.1. The van der Waals surface area contributed by atoms with Crippen LogP contribution < -0.4 is 0 Å². The molecule has 2 aromatic heterocycles. The Balaban J connectivity index is 0.000000159. The van der Waals surface area contributed by atoms with Crippen LogP contribution in [0.3, 0.4) is 0 Å². The van der Waals surface area contributed by atoms with Crippen LogP contribution >= 0.6 is 0 Å². The van der Waals surface area contributed by atoms with Crippen molar-refractivity contribution >= 4 is 0 Å². The molecule has 0 aliphatic carbocycles. The van der Waals surface area contributed by atoms with Gasteiger partial charge >= 0.3 is 0 Å². The molecule has 22 rings (SSSR count). The fourth-order valence-corrected chi connectivity index (χ4v) is 19.3. The van der Waals surface area contributed by atoms with E-state index in [4.69, 9.17) is 9.97 Å². The van der Waals surface area contributed by atoms with Crippen LogP contribution in [-0.2, 0) is 0 Å². The standard InChI is InChI=1S/2C65H45N/c1-9-26-46(27-10-1)54-44-56(62(50-34-17-5-18-35-50)64(52-38-21-7-22-39-52)60(54)48-30-13-3-14-31-48)58-42-25-43-59(66-58)57-45-55(47-28-11-2-12-29-47)61(49-32-15-4-16-33-49)65(53-40-23-8-24-41-53)63(57)51-36-19-6-20-37-51;1-9-25-46(26-10-1)56-42-58(62(50-33-17-5-18-34-50)64(52-37-21-7-22-38-52)60(56)48-29-13-3-14-30-48)54-41-55(45-66-44-54)59-43-57(47-27-11-2-12-28-47)61(49-31-15-4-16-32-49)65(53-39-23-8-24-40-53)63(59)51-35-19-6-20-36-51/h2*1-45H. The molecule has 0 aliphatic heterocycles. The number of hydrogen-bond donors (Lipinski definition) is 0.